The van der Waals surface area contributed by atoms with Crippen molar-refractivity contribution in [2.45, 2.75) is 19.3 Å². The van der Waals surface area contributed by atoms with Gasteiger partial charge in [-0.15, -0.1) is 0 Å². The van der Waals surface area contributed by atoms with E-state index in [9.17, 15) is 0 Å². The molecule has 0 spiro atoms. The molecule has 0 radical (unpaired) electrons. The number of benzene rings is 5. The maximum atomic E-state index is 2.42. The highest BCUT2D eigenvalue weighted by Gasteiger charge is 2.38. The van der Waals surface area contributed by atoms with Gasteiger partial charge in [0, 0.05) is 17.3 Å². The van der Waals surface area contributed by atoms with Gasteiger partial charge in [-0.1, -0.05) is 166 Å². The van der Waals surface area contributed by atoms with E-state index in [0.717, 1.165) is 0 Å². The number of hydrogen-bond donors (Lipinski definition) is 0. The summed E-state index contributed by atoms with van der Waals surface area (Å²) in [7, 11) is 0. The fourth-order valence-electron chi connectivity index (χ4n) is 8.82. The van der Waals surface area contributed by atoms with Gasteiger partial charge in [-0.05, 0) is 107 Å². The molecular formula is C49H36. The highest BCUT2D eigenvalue weighted by molar-refractivity contribution is 5.90. The van der Waals surface area contributed by atoms with Crippen LogP contribution in [0, 0.1) is 11.8 Å². The van der Waals surface area contributed by atoms with Crippen LogP contribution in [-0.4, -0.2) is 0 Å². The Morgan fingerprint density at radius 2 is 1.10 bits per heavy atom. The lowest BCUT2D eigenvalue weighted by Crippen LogP contribution is -2.29. The van der Waals surface area contributed by atoms with Crippen molar-refractivity contribution in [3.8, 4) is 33.4 Å². The lowest BCUT2D eigenvalue weighted by molar-refractivity contribution is 0.561. The quantitative estimate of drug-likeness (QED) is 0.187. The first-order chi connectivity index (χ1) is 24.0. The molecule has 10 rings (SSSR count). The molecule has 0 amide bonds. The van der Waals surface area contributed by atoms with Crippen LogP contribution < -0.4 is 0 Å². The van der Waals surface area contributed by atoms with E-state index in [1.54, 1.807) is 0 Å². The minimum Gasteiger partial charge on any atom is -0.0617 e. The van der Waals surface area contributed by atoms with E-state index in [4.69, 9.17) is 0 Å². The Labute approximate surface area is 288 Å². The van der Waals surface area contributed by atoms with Crippen LogP contribution >= 0.6 is 0 Å². The van der Waals surface area contributed by atoms with Crippen molar-refractivity contribution in [2.75, 3.05) is 0 Å². The number of hydrogen-bond acceptors (Lipinski definition) is 0. The summed E-state index contributed by atoms with van der Waals surface area (Å²) < 4.78 is 0. The third kappa shape index (κ3) is 4.44. The van der Waals surface area contributed by atoms with Crippen LogP contribution in [0.25, 0.3) is 50.2 Å². The molecule has 0 saturated carbocycles. The monoisotopic (exact) mass is 624 g/mol. The van der Waals surface area contributed by atoms with E-state index in [1.165, 1.54) is 88.7 Å². The fourth-order valence-corrected chi connectivity index (χ4v) is 8.82. The first-order valence-corrected chi connectivity index (χ1v) is 17.5. The summed E-state index contributed by atoms with van der Waals surface area (Å²) in [5, 5.41) is 2.56. The summed E-state index contributed by atoms with van der Waals surface area (Å²) in [5.74, 6) is 0.850. The van der Waals surface area contributed by atoms with E-state index in [1.807, 2.05) is 0 Å². The van der Waals surface area contributed by atoms with Crippen molar-refractivity contribution < 1.29 is 0 Å². The van der Waals surface area contributed by atoms with Crippen molar-refractivity contribution in [1.82, 2.24) is 0 Å². The van der Waals surface area contributed by atoms with E-state index in [-0.39, 0.29) is 5.41 Å². The third-order valence-electron chi connectivity index (χ3n) is 11.5. The molecule has 0 heteroatoms. The van der Waals surface area contributed by atoms with Crippen LogP contribution in [0.1, 0.15) is 30.5 Å². The van der Waals surface area contributed by atoms with Crippen molar-refractivity contribution in [3.63, 3.8) is 0 Å². The van der Waals surface area contributed by atoms with E-state index >= 15 is 0 Å². The molecule has 0 aliphatic heterocycles. The van der Waals surface area contributed by atoms with Crippen LogP contribution in [-0.2, 0) is 5.41 Å². The van der Waals surface area contributed by atoms with Crippen LogP contribution in [0.3, 0.4) is 0 Å². The topological polar surface area (TPSA) is 0 Å². The Hall–Kier alpha value is -5.72. The molecule has 0 N–H and O–H groups in total. The predicted molar refractivity (Wildman–Crippen MR) is 207 cm³/mol. The lowest BCUT2D eigenvalue weighted by atomic mass is 9.63. The van der Waals surface area contributed by atoms with Crippen molar-refractivity contribution in [1.29, 1.82) is 0 Å². The van der Waals surface area contributed by atoms with Gasteiger partial charge in [0.2, 0.25) is 0 Å². The maximum absolute atomic E-state index is 2.42. The van der Waals surface area contributed by atoms with E-state index in [2.05, 4.69) is 184 Å². The second-order valence-corrected chi connectivity index (χ2v) is 14.6. The van der Waals surface area contributed by atoms with Gasteiger partial charge in [0.25, 0.3) is 0 Å². The number of fused-ring (bicyclic) bond motifs is 4. The molecular weight excluding hydrogens is 589 g/mol. The average molecular weight is 625 g/mol. The number of rotatable bonds is 4. The molecule has 232 valence electrons. The predicted octanol–water partition coefficient (Wildman–Crippen LogP) is 12.5. The number of allylic oxidation sites excluding steroid dienone is 15. The molecule has 5 aromatic rings. The molecule has 49 heavy (non-hydrogen) atoms. The second-order valence-electron chi connectivity index (χ2n) is 14.6. The Kier molecular flexibility index (Phi) is 6.15. The zero-order valence-corrected chi connectivity index (χ0v) is 27.8. The third-order valence-corrected chi connectivity index (χ3v) is 11.5. The molecule has 0 aromatic heterocycles. The molecule has 0 nitrogen and oxygen atoms in total. The summed E-state index contributed by atoms with van der Waals surface area (Å²) in [6, 6.07) is 38.6. The standard InChI is InChI=1S/C49H36/c1-49(2)45-29-40(23-26-43(45)44-27-24-41(30-46(44)49)39-21-16-32-6-3-4-7-38(32)28-39)33-13-10-31(11-14-33)12-15-34-17-18-37-20-19-35-8-5-9-36-22-25-42(34)48(37)47(35)36/h3-30,47-48H,1-2H3. The van der Waals surface area contributed by atoms with Crippen molar-refractivity contribution in [3.05, 3.63) is 208 Å². The minimum atomic E-state index is -0.0827. The summed E-state index contributed by atoms with van der Waals surface area (Å²) in [6.07, 6.45) is 25.2. The van der Waals surface area contributed by atoms with Crippen LogP contribution in [0.2, 0.25) is 0 Å². The average Bonchev–Trinajstić information content (AvgIpc) is 3.38. The van der Waals surface area contributed by atoms with Gasteiger partial charge < -0.3 is 0 Å². The Morgan fingerprint density at radius 1 is 0.490 bits per heavy atom. The zero-order valence-electron chi connectivity index (χ0n) is 27.8. The normalized spacial score (nSPS) is 20.6. The molecule has 0 bridgehead atoms. The zero-order chi connectivity index (χ0) is 32.7. The molecule has 5 aromatic carbocycles. The lowest BCUT2D eigenvalue weighted by Gasteiger charge is -2.40. The summed E-state index contributed by atoms with van der Waals surface area (Å²) in [6.45, 7) is 4.75. The smallest absolute Gasteiger partial charge is 0.0205 e. The summed E-state index contributed by atoms with van der Waals surface area (Å²) in [4.78, 5) is 0. The van der Waals surface area contributed by atoms with Crippen LogP contribution in [0.5, 0.6) is 0 Å². The van der Waals surface area contributed by atoms with Gasteiger partial charge in [-0.25, -0.2) is 0 Å². The van der Waals surface area contributed by atoms with Gasteiger partial charge in [0.15, 0.2) is 0 Å². The molecule has 2 atom stereocenters. The highest BCUT2D eigenvalue weighted by Crippen LogP contribution is 2.51. The highest BCUT2D eigenvalue weighted by atomic mass is 14.4. The first kappa shape index (κ1) is 28.3. The van der Waals surface area contributed by atoms with Gasteiger partial charge in [0.1, 0.15) is 0 Å². The van der Waals surface area contributed by atoms with Crippen LogP contribution in [0.4, 0.5) is 0 Å². The summed E-state index contributed by atoms with van der Waals surface area (Å²) in [5.41, 5.74) is 18.7. The Morgan fingerprint density at radius 3 is 1.88 bits per heavy atom. The fraction of sp³-hybridized carbons (Fsp3) is 0.102. The largest absolute Gasteiger partial charge is 0.0617 e. The van der Waals surface area contributed by atoms with Gasteiger partial charge in [0.05, 0.1) is 0 Å². The van der Waals surface area contributed by atoms with E-state index in [0.29, 0.717) is 11.8 Å². The minimum absolute atomic E-state index is 0.0827. The first-order valence-electron chi connectivity index (χ1n) is 17.5. The Bertz CT molecular complexity index is 2490. The SMILES string of the molecule is CC1(C)c2cc(-c3ccc(C=CC4=C5C=CC6=CC=CC7=CC=C(C=C4)C5C67)cc3)ccc2-c2ccc(-c3ccc4ccccc4c3)cc21. The van der Waals surface area contributed by atoms with Gasteiger partial charge in [-0.3, -0.25) is 0 Å². The van der Waals surface area contributed by atoms with E-state index < -0.39 is 0 Å². The molecule has 2 unspecified atom stereocenters. The van der Waals surface area contributed by atoms with Crippen molar-refractivity contribution >= 4 is 16.8 Å². The van der Waals surface area contributed by atoms with Crippen molar-refractivity contribution in [2.24, 2.45) is 11.8 Å². The Balaban J connectivity index is 0.923. The molecule has 5 aliphatic carbocycles. The summed E-state index contributed by atoms with van der Waals surface area (Å²) >= 11 is 0. The van der Waals surface area contributed by atoms with Gasteiger partial charge >= 0.3 is 0 Å². The molecule has 0 saturated heterocycles. The van der Waals surface area contributed by atoms with Gasteiger partial charge in [-0.2, -0.15) is 0 Å². The molecule has 5 aliphatic rings. The second kappa shape index (κ2) is 10.6. The molecule has 0 heterocycles. The molecule has 0 fully saturated rings. The maximum Gasteiger partial charge on any atom is 0.0205 e. The van der Waals surface area contributed by atoms with Crippen LogP contribution in [0.15, 0.2) is 192 Å².